The first-order chi connectivity index (χ1) is 11.3. The van der Waals surface area contributed by atoms with Crippen molar-refractivity contribution >= 4 is 23.3 Å². The monoisotopic (exact) mass is 347 g/mol. The maximum absolute atomic E-state index is 12.4. The summed E-state index contributed by atoms with van der Waals surface area (Å²) in [5, 5.41) is 3.18. The SMILES string of the molecule is CC(C)Oc1cccc(CNC(=O)c2cc(Cl)nc(N(C)C)c2)c1. The highest BCUT2D eigenvalue weighted by Gasteiger charge is 2.10. The Labute approximate surface area is 147 Å². The van der Waals surface area contributed by atoms with Crippen molar-refractivity contribution < 1.29 is 9.53 Å². The van der Waals surface area contributed by atoms with Crippen LogP contribution in [0, 0.1) is 0 Å². The van der Waals surface area contributed by atoms with E-state index in [0.29, 0.717) is 23.1 Å². The molecule has 128 valence electrons. The molecule has 2 rings (SSSR count). The summed E-state index contributed by atoms with van der Waals surface area (Å²) in [7, 11) is 3.70. The molecular formula is C18H22ClN3O2. The van der Waals surface area contributed by atoms with Gasteiger partial charge in [-0.3, -0.25) is 4.79 Å². The Morgan fingerprint density at radius 3 is 2.71 bits per heavy atom. The molecule has 0 bridgehead atoms. The van der Waals surface area contributed by atoms with Crippen LogP contribution in [-0.2, 0) is 6.54 Å². The van der Waals surface area contributed by atoms with Gasteiger partial charge in [-0.25, -0.2) is 4.98 Å². The van der Waals surface area contributed by atoms with E-state index in [1.54, 1.807) is 17.0 Å². The lowest BCUT2D eigenvalue weighted by Crippen LogP contribution is -2.23. The first-order valence-corrected chi connectivity index (χ1v) is 8.11. The zero-order valence-corrected chi connectivity index (χ0v) is 15.1. The normalized spacial score (nSPS) is 10.6. The Morgan fingerprint density at radius 2 is 2.04 bits per heavy atom. The number of amides is 1. The maximum Gasteiger partial charge on any atom is 0.251 e. The third kappa shape index (κ3) is 5.13. The van der Waals surface area contributed by atoms with E-state index in [1.165, 1.54) is 0 Å². The van der Waals surface area contributed by atoms with Gasteiger partial charge in [0.25, 0.3) is 5.91 Å². The molecule has 0 saturated carbocycles. The molecule has 5 nitrogen and oxygen atoms in total. The summed E-state index contributed by atoms with van der Waals surface area (Å²) in [6.07, 6.45) is 0.109. The Bertz CT molecular complexity index is 717. The smallest absolute Gasteiger partial charge is 0.251 e. The van der Waals surface area contributed by atoms with Gasteiger partial charge >= 0.3 is 0 Å². The number of hydrogen-bond acceptors (Lipinski definition) is 4. The lowest BCUT2D eigenvalue weighted by molar-refractivity contribution is 0.0950. The van der Waals surface area contributed by atoms with Crippen LogP contribution in [-0.4, -0.2) is 31.1 Å². The van der Waals surface area contributed by atoms with Crippen molar-refractivity contribution in [3.8, 4) is 5.75 Å². The average Bonchev–Trinajstić information content (AvgIpc) is 2.51. The first-order valence-electron chi connectivity index (χ1n) is 7.74. The Hall–Kier alpha value is -2.27. The van der Waals surface area contributed by atoms with Gasteiger partial charge in [-0.05, 0) is 43.7 Å². The molecule has 0 spiro atoms. The number of pyridine rings is 1. The third-order valence-electron chi connectivity index (χ3n) is 3.22. The fourth-order valence-electron chi connectivity index (χ4n) is 2.13. The molecule has 0 atom stereocenters. The summed E-state index contributed by atoms with van der Waals surface area (Å²) in [6, 6.07) is 10.9. The first kappa shape index (κ1) is 18.1. The molecule has 0 aliphatic rings. The highest BCUT2D eigenvalue weighted by Crippen LogP contribution is 2.17. The molecule has 24 heavy (non-hydrogen) atoms. The standard InChI is InChI=1S/C18H22ClN3O2/c1-12(2)24-15-7-5-6-13(8-15)11-20-18(23)14-9-16(19)21-17(10-14)22(3)4/h5-10,12H,11H2,1-4H3,(H,20,23). The number of benzene rings is 1. The van der Waals surface area contributed by atoms with Crippen LogP contribution in [0.25, 0.3) is 0 Å². The lowest BCUT2D eigenvalue weighted by atomic mass is 10.2. The van der Waals surface area contributed by atoms with Gasteiger partial charge in [0.05, 0.1) is 6.10 Å². The van der Waals surface area contributed by atoms with Crippen LogP contribution in [0.3, 0.4) is 0 Å². The molecule has 6 heteroatoms. The van der Waals surface area contributed by atoms with Crippen LogP contribution >= 0.6 is 11.6 Å². The number of carbonyl (C=O) groups excluding carboxylic acids is 1. The van der Waals surface area contributed by atoms with E-state index in [-0.39, 0.29) is 12.0 Å². The van der Waals surface area contributed by atoms with Crippen LogP contribution in [0.15, 0.2) is 36.4 Å². The van der Waals surface area contributed by atoms with E-state index in [0.717, 1.165) is 11.3 Å². The van der Waals surface area contributed by atoms with E-state index >= 15 is 0 Å². The van der Waals surface area contributed by atoms with Crippen molar-refractivity contribution in [1.29, 1.82) is 0 Å². The van der Waals surface area contributed by atoms with Crippen molar-refractivity contribution in [1.82, 2.24) is 10.3 Å². The molecule has 0 fully saturated rings. The predicted octanol–water partition coefficient (Wildman–Crippen LogP) is 3.52. The second-order valence-electron chi connectivity index (χ2n) is 5.93. The second-order valence-corrected chi connectivity index (χ2v) is 6.32. The summed E-state index contributed by atoms with van der Waals surface area (Å²) in [6.45, 7) is 4.36. The van der Waals surface area contributed by atoms with Gasteiger partial charge in [0.15, 0.2) is 0 Å². The third-order valence-corrected chi connectivity index (χ3v) is 3.42. The highest BCUT2D eigenvalue weighted by atomic mass is 35.5. The van der Waals surface area contributed by atoms with Gasteiger partial charge in [-0.1, -0.05) is 23.7 Å². The number of ether oxygens (including phenoxy) is 1. The number of nitrogens with zero attached hydrogens (tertiary/aromatic N) is 2. The van der Waals surface area contributed by atoms with Crippen LogP contribution in [0.4, 0.5) is 5.82 Å². The molecule has 1 aromatic heterocycles. The average molecular weight is 348 g/mol. The molecule has 2 aromatic rings. The minimum atomic E-state index is -0.197. The summed E-state index contributed by atoms with van der Waals surface area (Å²) in [5.74, 6) is 1.23. The molecular weight excluding hydrogens is 326 g/mol. The minimum absolute atomic E-state index is 0.109. The maximum atomic E-state index is 12.4. The van der Waals surface area contributed by atoms with Gasteiger partial charge in [0.2, 0.25) is 0 Å². The fourth-order valence-corrected chi connectivity index (χ4v) is 2.33. The number of hydrogen-bond donors (Lipinski definition) is 1. The van der Waals surface area contributed by atoms with Gasteiger partial charge < -0.3 is 15.0 Å². The summed E-state index contributed by atoms with van der Waals surface area (Å²) in [5.41, 5.74) is 1.45. The van der Waals surface area contributed by atoms with E-state index in [4.69, 9.17) is 16.3 Å². The number of rotatable bonds is 6. The molecule has 0 aliphatic heterocycles. The Morgan fingerprint density at radius 1 is 1.29 bits per heavy atom. The number of aromatic nitrogens is 1. The molecule has 0 aliphatic carbocycles. The highest BCUT2D eigenvalue weighted by molar-refractivity contribution is 6.29. The lowest BCUT2D eigenvalue weighted by Gasteiger charge is -2.14. The van der Waals surface area contributed by atoms with Gasteiger partial charge in [0.1, 0.15) is 16.7 Å². The number of carbonyl (C=O) groups is 1. The van der Waals surface area contributed by atoms with E-state index in [1.807, 2.05) is 52.2 Å². The predicted molar refractivity (Wildman–Crippen MR) is 97.0 cm³/mol. The van der Waals surface area contributed by atoms with E-state index in [2.05, 4.69) is 10.3 Å². The van der Waals surface area contributed by atoms with E-state index < -0.39 is 0 Å². The molecule has 1 aromatic carbocycles. The van der Waals surface area contributed by atoms with Crippen molar-refractivity contribution in [2.45, 2.75) is 26.5 Å². The molecule has 1 amide bonds. The molecule has 0 radical (unpaired) electrons. The van der Waals surface area contributed by atoms with Crippen LogP contribution in [0.1, 0.15) is 29.8 Å². The van der Waals surface area contributed by atoms with Gasteiger partial charge in [0, 0.05) is 26.2 Å². The van der Waals surface area contributed by atoms with Crippen LogP contribution < -0.4 is 15.0 Å². The van der Waals surface area contributed by atoms with Crippen molar-refractivity contribution in [3.63, 3.8) is 0 Å². The summed E-state index contributed by atoms with van der Waals surface area (Å²) < 4.78 is 5.66. The Balaban J connectivity index is 2.06. The van der Waals surface area contributed by atoms with Crippen molar-refractivity contribution in [3.05, 3.63) is 52.7 Å². The molecule has 0 unspecified atom stereocenters. The Kier molecular flexibility index (Phi) is 6.04. The molecule has 0 saturated heterocycles. The number of nitrogens with one attached hydrogen (secondary N) is 1. The van der Waals surface area contributed by atoms with Crippen molar-refractivity contribution in [2.24, 2.45) is 0 Å². The quantitative estimate of drug-likeness (QED) is 0.812. The largest absolute Gasteiger partial charge is 0.491 e. The van der Waals surface area contributed by atoms with Crippen LogP contribution in [0.2, 0.25) is 5.15 Å². The number of halogens is 1. The summed E-state index contributed by atoms with van der Waals surface area (Å²) >= 11 is 5.99. The summed E-state index contributed by atoms with van der Waals surface area (Å²) in [4.78, 5) is 18.3. The van der Waals surface area contributed by atoms with Crippen molar-refractivity contribution in [2.75, 3.05) is 19.0 Å². The van der Waals surface area contributed by atoms with Gasteiger partial charge in [-0.2, -0.15) is 0 Å². The topological polar surface area (TPSA) is 54.5 Å². The van der Waals surface area contributed by atoms with E-state index in [9.17, 15) is 4.79 Å². The van der Waals surface area contributed by atoms with Gasteiger partial charge in [-0.15, -0.1) is 0 Å². The molecule has 1 heterocycles. The number of anilines is 1. The molecule has 1 N–H and O–H groups in total. The van der Waals surface area contributed by atoms with Crippen LogP contribution in [0.5, 0.6) is 5.75 Å². The zero-order chi connectivity index (χ0) is 17.7. The zero-order valence-electron chi connectivity index (χ0n) is 14.3. The second kappa shape index (κ2) is 8.02. The minimum Gasteiger partial charge on any atom is -0.491 e. The fraction of sp³-hybridized carbons (Fsp3) is 0.333.